The Morgan fingerprint density at radius 3 is 2.70 bits per heavy atom. The van der Waals surface area contributed by atoms with Gasteiger partial charge in [0.05, 0.1) is 11.9 Å². The van der Waals surface area contributed by atoms with Gasteiger partial charge in [0.15, 0.2) is 5.69 Å². The van der Waals surface area contributed by atoms with Crippen LogP contribution in [0.5, 0.6) is 0 Å². The van der Waals surface area contributed by atoms with E-state index >= 15 is 0 Å². The molecule has 0 radical (unpaired) electrons. The number of alkyl halides is 2. The molecule has 1 amide bonds. The number of nitrogens with zero attached hydrogens (tertiary/aromatic N) is 2. The highest BCUT2D eigenvalue weighted by Gasteiger charge is 2.34. The fourth-order valence-corrected chi connectivity index (χ4v) is 3.46. The third kappa shape index (κ3) is 3.72. The number of hydrogen-bond donors (Lipinski definition) is 3. The third-order valence-corrected chi connectivity index (χ3v) is 5.44. The minimum absolute atomic E-state index is 0.0249. The zero-order chi connectivity index (χ0) is 21.6. The maximum Gasteiger partial charge on any atom is 0.274 e. The Labute approximate surface area is 170 Å². The molecule has 1 aliphatic carbocycles. The van der Waals surface area contributed by atoms with Gasteiger partial charge in [0.1, 0.15) is 11.6 Å². The van der Waals surface area contributed by atoms with Gasteiger partial charge < -0.3 is 15.4 Å². The van der Waals surface area contributed by atoms with Crippen LogP contribution >= 0.6 is 0 Å². The number of H-pyrrole nitrogens is 1. The number of hydrogen-bond acceptors (Lipinski definition) is 4. The molecule has 1 atom stereocenters. The number of aromatic amines is 1. The van der Waals surface area contributed by atoms with Crippen molar-refractivity contribution in [2.24, 2.45) is 0 Å². The SMILES string of the molecule is Cc1ccc(-c2cn3nc(C(=O)NCC(O)C(F)F)c(C4CC4)c3c(=O)[nH]2)cc1C. The molecule has 30 heavy (non-hydrogen) atoms. The molecule has 7 nitrogen and oxygen atoms in total. The first kappa shape index (κ1) is 20.2. The largest absolute Gasteiger partial charge is 0.385 e. The van der Waals surface area contributed by atoms with Crippen molar-refractivity contribution >= 4 is 11.4 Å². The molecule has 158 valence electrons. The summed E-state index contributed by atoms with van der Waals surface area (Å²) in [5, 5.41) is 15.8. The number of aliphatic hydroxyl groups is 1. The van der Waals surface area contributed by atoms with Crippen molar-refractivity contribution in [1.29, 1.82) is 0 Å². The number of nitrogens with one attached hydrogen (secondary N) is 2. The molecule has 2 heterocycles. The molecular weight excluding hydrogens is 394 g/mol. The topological polar surface area (TPSA) is 99.5 Å². The Morgan fingerprint density at radius 1 is 1.33 bits per heavy atom. The van der Waals surface area contributed by atoms with Crippen LogP contribution in [0.15, 0.2) is 29.2 Å². The van der Waals surface area contributed by atoms with Gasteiger partial charge in [0, 0.05) is 12.1 Å². The molecule has 2 aromatic heterocycles. The fourth-order valence-electron chi connectivity index (χ4n) is 3.46. The van der Waals surface area contributed by atoms with Crippen molar-refractivity contribution in [2.45, 2.75) is 45.1 Å². The number of aromatic nitrogens is 3. The van der Waals surface area contributed by atoms with E-state index < -0.39 is 25.0 Å². The predicted molar refractivity (Wildman–Crippen MR) is 107 cm³/mol. The lowest BCUT2D eigenvalue weighted by Gasteiger charge is -2.10. The van der Waals surface area contributed by atoms with Crippen LogP contribution in [0.3, 0.4) is 0 Å². The van der Waals surface area contributed by atoms with Crippen LogP contribution in [-0.4, -0.2) is 44.7 Å². The van der Waals surface area contributed by atoms with Crippen molar-refractivity contribution in [1.82, 2.24) is 19.9 Å². The molecule has 1 saturated carbocycles. The van der Waals surface area contributed by atoms with E-state index in [0.29, 0.717) is 11.3 Å². The molecule has 1 unspecified atom stereocenters. The molecular formula is C21H22F2N4O3. The van der Waals surface area contributed by atoms with Crippen LogP contribution in [0.25, 0.3) is 16.8 Å². The summed E-state index contributed by atoms with van der Waals surface area (Å²) in [5.74, 6) is -0.663. The molecule has 0 spiro atoms. The summed E-state index contributed by atoms with van der Waals surface area (Å²) < 4.78 is 26.4. The number of carbonyl (C=O) groups excluding carboxylic acids is 1. The molecule has 1 aliphatic rings. The van der Waals surface area contributed by atoms with Gasteiger partial charge in [0.25, 0.3) is 17.9 Å². The van der Waals surface area contributed by atoms with Crippen LogP contribution in [-0.2, 0) is 0 Å². The summed E-state index contributed by atoms with van der Waals surface area (Å²) in [5.41, 5.74) is 4.03. The lowest BCUT2D eigenvalue weighted by atomic mass is 10.0. The predicted octanol–water partition coefficient (Wildman–Crippen LogP) is 2.54. The quantitative estimate of drug-likeness (QED) is 0.575. The van der Waals surface area contributed by atoms with Gasteiger partial charge in [-0.3, -0.25) is 9.59 Å². The number of fused-ring (bicyclic) bond motifs is 1. The second kappa shape index (κ2) is 7.64. The van der Waals surface area contributed by atoms with Crippen LogP contribution in [0.1, 0.15) is 45.9 Å². The molecule has 0 aliphatic heterocycles. The van der Waals surface area contributed by atoms with Crippen molar-refractivity contribution < 1.29 is 18.7 Å². The van der Waals surface area contributed by atoms with Gasteiger partial charge >= 0.3 is 0 Å². The Kier molecular flexibility index (Phi) is 5.15. The molecule has 3 N–H and O–H groups in total. The highest BCUT2D eigenvalue weighted by Crippen LogP contribution is 2.43. The summed E-state index contributed by atoms with van der Waals surface area (Å²) in [7, 11) is 0. The monoisotopic (exact) mass is 416 g/mol. The number of halogens is 2. The van der Waals surface area contributed by atoms with Crippen LogP contribution in [0.2, 0.25) is 0 Å². The molecule has 0 saturated heterocycles. The van der Waals surface area contributed by atoms with Crippen molar-refractivity contribution in [3.05, 3.63) is 57.1 Å². The maximum atomic E-state index is 12.9. The maximum absolute atomic E-state index is 12.9. The summed E-state index contributed by atoms with van der Waals surface area (Å²) in [6.07, 6.45) is -1.63. The van der Waals surface area contributed by atoms with E-state index in [9.17, 15) is 23.5 Å². The Bertz CT molecular complexity index is 1180. The van der Waals surface area contributed by atoms with Crippen molar-refractivity contribution in [2.75, 3.05) is 6.54 Å². The summed E-state index contributed by atoms with van der Waals surface area (Å²) in [6, 6.07) is 5.81. The number of rotatable bonds is 6. The fraction of sp³-hybridized carbons (Fsp3) is 0.381. The summed E-state index contributed by atoms with van der Waals surface area (Å²) in [6.45, 7) is 3.37. The highest BCUT2D eigenvalue weighted by atomic mass is 19.3. The van der Waals surface area contributed by atoms with Crippen molar-refractivity contribution in [3.8, 4) is 11.3 Å². The second-order valence-electron chi connectivity index (χ2n) is 7.74. The summed E-state index contributed by atoms with van der Waals surface area (Å²) in [4.78, 5) is 28.3. The minimum atomic E-state index is -2.96. The number of aliphatic hydroxyl groups excluding tert-OH is 1. The lowest BCUT2D eigenvalue weighted by Crippen LogP contribution is -2.36. The zero-order valence-corrected chi connectivity index (χ0v) is 16.6. The van der Waals surface area contributed by atoms with Gasteiger partial charge in [-0.15, -0.1) is 0 Å². The van der Waals surface area contributed by atoms with Gasteiger partial charge in [-0.25, -0.2) is 13.3 Å². The standard InChI is InChI=1S/C21H22F2N4O3/c1-10-3-4-13(7-11(10)2)14-9-27-18(21(30)25-14)16(12-5-6-12)17(26-27)20(29)24-8-15(28)19(22)23/h3-4,7,9,12,15,19,28H,5-6,8H2,1-2H3,(H,24,29)(H,25,30). The van der Waals surface area contributed by atoms with E-state index in [-0.39, 0.29) is 22.7 Å². The Hall–Kier alpha value is -3.07. The number of benzene rings is 1. The molecule has 9 heteroatoms. The van der Waals surface area contributed by atoms with E-state index in [2.05, 4.69) is 15.4 Å². The average molecular weight is 416 g/mol. The zero-order valence-electron chi connectivity index (χ0n) is 16.6. The lowest BCUT2D eigenvalue weighted by molar-refractivity contribution is -0.00273. The molecule has 1 fully saturated rings. The normalized spacial score (nSPS) is 15.0. The summed E-state index contributed by atoms with van der Waals surface area (Å²) >= 11 is 0. The Morgan fingerprint density at radius 2 is 2.07 bits per heavy atom. The molecule has 3 aromatic rings. The van der Waals surface area contributed by atoms with E-state index in [1.165, 1.54) is 4.52 Å². The van der Waals surface area contributed by atoms with E-state index in [0.717, 1.165) is 29.5 Å². The number of amides is 1. The van der Waals surface area contributed by atoms with Crippen LogP contribution in [0.4, 0.5) is 8.78 Å². The first-order valence-corrected chi connectivity index (χ1v) is 9.74. The third-order valence-electron chi connectivity index (χ3n) is 5.44. The van der Waals surface area contributed by atoms with Gasteiger partial charge in [-0.2, -0.15) is 5.10 Å². The highest BCUT2D eigenvalue weighted by molar-refractivity contribution is 5.96. The van der Waals surface area contributed by atoms with Crippen LogP contribution in [0, 0.1) is 13.8 Å². The van der Waals surface area contributed by atoms with E-state index in [1.54, 1.807) is 6.20 Å². The number of aryl methyl sites for hydroxylation is 2. The number of carbonyl (C=O) groups is 1. The van der Waals surface area contributed by atoms with Crippen molar-refractivity contribution in [3.63, 3.8) is 0 Å². The van der Waals surface area contributed by atoms with Crippen LogP contribution < -0.4 is 10.9 Å². The molecule has 4 rings (SSSR count). The van der Waals surface area contributed by atoms with Gasteiger partial charge in [-0.05, 0) is 55.4 Å². The molecule has 0 bridgehead atoms. The van der Waals surface area contributed by atoms with Gasteiger partial charge in [0.2, 0.25) is 0 Å². The second-order valence-corrected chi connectivity index (χ2v) is 7.74. The Balaban J connectivity index is 1.76. The van der Waals surface area contributed by atoms with E-state index in [1.807, 2.05) is 32.0 Å². The average Bonchev–Trinajstić information content (AvgIpc) is 3.47. The van der Waals surface area contributed by atoms with E-state index in [4.69, 9.17) is 0 Å². The first-order valence-electron chi connectivity index (χ1n) is 9.74. The molecule has 1 aromatic carbocycles. The smallest absolute Gasteiger partial charge is 0.274 e. The first-order chi connectivity index (χ1) is 14.3. The van der Waals surface area contributed by atoms with Gasteiger partial charge in [-0.1, -0.05) is 12.1 Å². The minimum Gasteiger partial charge on any atom is -0.385 e.